The van der Waals surface area contributed by atoms with Gasteiger partial charge in [0.2, 0.25) is 0 Å². The number of rotatable bonds is 2. The minimum absolute atomic E-state index is 0.950. The maximum atomic E-state index is 4.58. The predicted molar refractivity (Wildman–Crippen MR) is 85.4 cm³/mol. The van der Waals surface area contributed by atoms with E-state index in [-0.39, 0.29) is 0 Å². The van der Waals surface area contributed by atoms with E-state index in [2.05, 4.69) is 37.2 Å². The standard InChI is InChI=1S/C15H19N7/c1-12-9-14-15(16-3-4-22(14)18-12)21-7-5-20(6-8-21)13-10-17-19(2)11-13/h3-4,9-11H,5-8H2,1-2H3. The lowest BCUT2D eigenvalue weighted by molar-refractivity contribution is 0.647. The smallest absolute Gasteiger partial charge is 0.154 e. The van der Waals surface area contributed by atoms with Gasteiger partial charge in [0, 0.05) is 51.8 Å². The maximum absolute atomic E-state index is 4.58. The van der Waals surface area contributed by atoms with Crippen LogP contribution in [0.3, 0.4) is 0 Å². The summed E-state index contributed by atoms with van der Waals surface area (Å²) in [4.78, 5) is 9.28. The Hall–Kier alpha value is -2.57. The third-order valence-corrected chi connectivity index (χ3v) is 4.13. The van der Waals surface area contributed by atoms with E-state index in [9.17, 15) is 0 Å². The SMILES string of the molecule is Cc1cc2c(N3CCN(c4cnn(C)c4)CC3)nccn2n1. The van der Waals surface area contributed by atoms with Crippen LogP contribution in [0.5, 0.6) is 0 Å². The Labute approximate surface area is 128 Å². The molecule has 7 heteroatoms. The fourth-order valence-electron chi connectivity index (χ4n) is 3.02. The van der Waals surface area contributed by atoms with Crippen LogP contribution in [0.15, 0.2) is 30.9 Å². The lowest BCUT2D eigenvalue weighted by Crippen LogP contribution is -2.46. The first kappa shape index (κ1) is 13.1. The lowest BCUT2D eigenvalue weighted by atomic mass is 10.3. The Morgan fingerprint density at radius 1 is 1.09 bits per heavy atom. The van der Waals surface area contributed by atoms with Crippen LogP contribution >= 0.6 is 0 Å². The number of piperazine rings is 1. The molecule has 1 fully saturated rings. The van der Waals surface area contributed by atoms with Crippen molar-refractivity contribution < 1.29 is 0 Å². The molecule has 4 rings (SSSR count). The summed E-state index contributed by atoms with van der Waals surface area (Å²) in [6, 6.07) is 2.09. The summed E-state index contributed by atoms with van der Waals surface area (Å²) in [5, 5.41) is 8.71. The van der Waals surface area contributed by atoms with Crippen LogP contribution in [-0.4, -0.2) is 50.6 Å². The number of hydrogen-bond acceptors (Lipinski definition) is 5. The Morgan fingerprint density at radius 2 is 1.86 bits per heavy atom. The summed E-state index contributed by atoms with van der Waals surface area (Å²) in [5.74, 6) is 1.02. The van der Waals surface area contributed by atoms with Crippen LogP contribution in [0.2, 0.25) is 0 Å². The van der Waals surface area contributed by atoms with Gasteiger partial charge in [0.1, 0.15) is 5.52 Å². The van der Waals surface area contributed by atoms with E-state index < -0.39 is 0 Å². The fourth-order valence-corrected chi connectivity index (χ4v) is 3.02. The Balaban J connectivity index is 1.55. The van der Waals surface area contributed by atoms with Gasteiger partial charge >= 0.3 is 0 Å². The number of anilines is 2. The van der Waals surface area contributed by atoms with Crippen molar-refractivity contribution in [3.63, 3.8) is 0 Å². The Kier molecular flexibility index (Phi) is 2.99. The fraction of sp³-hybridized carbons (Fsp3) is 0.400. The summed E-state index contributed by atoms with van der Waals surface area (Å²) < 4.78 is 3.75. The molecule has 0 N–H and O–H groups in total. The van der Waals surface area contributed by atoms with Crippen molar-refractivity contribution in [2.45, 2.75) is 6.92 Å². The summed E-state index contributed by atoms with van der Waals surface area (Å²) in [7, 11) is 1.95. The Bertz CT molecular complexity index is 795. The first-order chi connectivity index (χ1) is 10.7. The molecule has 3 aromatic heterocycles. The van der Waals surface area contributed by atoms with E-state index >= 15 is 0 Å². The van der Waals surface area contributed by atoms with Gasteiger partial charge in [0.05, 0.1) is 17.6 Å². The van der Waals surface area contributed by atoms with Crippen LogP contribution in [0.25, 0.3) is 5.52 Å². The third-order valence-electron chi connectivity index (χ3n) is 4.13. The molecule has 0 aromatic carbocycles. The van der Waals surface area contributed by atoms with Crippen molar-refractivity contribution in [1.82, 2.24) is 24.4 Å². The van der Waals surface area contributed by atoms with E-state index in [1.807, 2.05) is 41.8 Å². The lowest BCUT2D eigenvalue weighted by Gasteiger charge is -2.36. The maximum Gasteiger partial charge on any atom is 0.154 e. The first-order valence-corrected chi connectivity index (χ1v) is 7.50. The molecular formula is C15H19N7. The molecule has 0 bridgehead atoms. The molecule has 0 spiro atoms. The first-order valence-electron chi connectivity index (χ1n) is 7.50. The van der Waals surface area contributed by atoms with Crippen LogP contribution in [0.1, 0.15) is 5.69 Å². The quantitative estimate of drug-likeness (QED) is 0.709. The molecule has 3 aromatic rings. The highest BCUT2D eigenvalue weighted by Gasteiger charge is 2.21. The molecule has 1 aliphatic heterocycles. The second-order valence-corrected chi connectivity index (χ2v) is 5.71. The van der Waals surface area contributed by atoms with Gasteiger partial charge in [-0.05, 0) is 13.0 Å². The number of fused-ring (bicyclic) bond motifs is 1. The van der Waals surface area contributed by atoms with Gasteiger partial charge in [0.25, 0.3) is 0 Å². The van der Waals surface area contributed by atoms with Crippen LogP contribution in [-0.2, 0) is 7.05 Å². The number of hydrogen-bond donors (Lipinski definition) is 0. The average Bonchev–Trinajstić information content (AvgIpc) is 3.12. The van der Waals surface area contributed by atoms with Gasteiger partial charge in [-0.15, -0.1) is 0 Å². The van der Waals surface area contributed by atoms with Crippen LogP contribution in [0, 0.1) is 6.92 Å². The minimum atomic E-state index is 0.950. The van der Waals surface area contributed by atoms with Gasteiger partial charge < -0.3 is 9.80 Å². The zero-order valence-corrected chi connectivity index (χ0v) is 12.8. The average molecular weight is 297 g/mol. The van der Waals surface area contributed by atoms with E-state index in [4.69, 9.17) is 0 Å². The van der Waals surface area contributed by atoms with Gasteiger partial charge in [-0.1, -0.05) is 0 Å². The molecule has 1 saturated heterocycles. The number of nitrogens with zero attached hydrogens (tertiary/aromatic N) is 7. The zero-order chi connectivity index (χ0) is 15.1. The van der Waals surface area contributed by atoms with E-state index in [0.29, 0.717) is 0 Å². The van der Waals surface area contributed by atoms with Gasteiger partial charge in [-0.25, -0.2) is 9.50 Å². The molecule has 7 nitrogen and oxygen atoms in total. The van der Waals surface area contributed by atoms with E-state index in [0.717, 1.165) is 43.2 Å². The largest absolute Gasteiger partial charge is 0.365 e. The summed E-state index contributed by atoms with van der Waals surface area (Å²) in [6.45, 7) is 5.86. The molecule has 0 saturated carbocycles. The van der Waals surface area contributed by atoms with Crippen molar-refractivity contribution in [3.05, 3.63) is 36.5 Å². The summed E-state index contributed by atoms with van der Waals surface area (Å²) in [5.41, 5.74) is 3.28. The van der Waals surface area contributed by atoms with Crippen molar-refractivity contribution >= 4 is 17.0 Å². The minimum Gasteiger partial charge on any atom is -0.365 e. The van der Waals surface area contributed by atoms with Crippen molar-refractivity contribution in [3.8, 4) is 0 Å². The zero-order valence-electron chi connectivity index (χ0n) is 12.8. The number of aryl methyl sites for hydroxylation is 2. The molecule has 4 heterocycles. The second kappa shape index (κ2) is 5.01. The normalized spacial score (nSPS) is 15.7. The predicted octanol–water partition coefficient (Wildman–Crippen LogP) is 1.10. The highest BCUT2D eigenvalue weighted by molar-refractivity contribution is 5.69. The Morgan fingerprint density at radius 3 is 2.59 bits per heavy atom. The van der Waals surface area contributed by atoms with Crippen molar-refractivity contribution in [2.75, 3.05) is 36.0 Å². The van der Waals surface area contributed by atoms with E-state index in [1.165, 1.54) is 5.69 Å². The molecule has 114 valence electrons. The van der Waals surface area contributed by atoms with Crippen LogP contribution < -0.4 is 9.80 Å². The molecule has 0 amide bonds. The molecular weight excluding hydrogens is 278 g/mol. The second-order valence-electron chi connectivity index (χ2n) is 5.71. The molecule has 0 aliphatic carbocycles. The summed E-state index contributed by atoms with van der Waals surface area (Å²) >= 11 is 0. The highest BCUT2D eigenvalue weighted by atomic mass is 15.3. The van der Waals surface area contributed by atoms with E-state index in [1.54, 1.807) is 0 Å². The van der Waals surface area contributed by atoms with Crippen molar-refractivity contribution in [2.24, 2.45) is 7.05 Å². The monoisotopic (exact) mass is 297 g/mol. The van der Waals surface area contributed by atoms with Gasteiger partial charge in [0.15, 0.2) is 5.82 Å². The topological polar surface area (TPSA) is 54.5 Å². The highest BCUT2D eigenvalue weighted by Crippen LogP contribution is 2.22. The third kappa shape index (κ3) is 2.18. The molecule has 22 heavy (non-hydrogen) atoms. The molecule has 0 atom stereocenters. The molecule has 0 radical (unpaired) electrons. The van der Waals surface area contributed by atoms with Crippen molar-refractivity contribution in [1.29, 1.82) is 0 Å². The van der Waals surface area contributed by atoms with Gasteiger partial charge in [-0.3, -0.25) is 4.68 Å². The molecule has 0 unspecified atom stereocenters. The summed E-state index contributed by atoms with van der Waals surface area (Å²) in [6.07, 6.45) is 7.71. The number of aromatic nitrogens is 5. The van der Waals surface area contributed by atoms with Crippen LogP contribution in [0.4, 0.5) is 11.5 Å². The van der Waals surface area contributed by atoms with Gasteiger partial charge in [-0.2, -0.15) is 10.2 Å². The molecule has 1 aliphatic rings.